The zero-order chi connectivity index (χ0) is 14.1. The molecule has 20 heavy (non-hydrogen) atoms. The van der Waals surface area contributed by atoms with Crippen molar-refractivity contribution in [2.45, 2.75) is 12.5 Å². The van der Waals surface area contributed by atoms with Gasteiger partial charge in [0.25, 0.3) is 5.91 Å². The fraction of sp³-hybridized carbons (Fsp3) is 0.133. The number of carboxylic acids is 1. The van der Waals surface area contributed by atoms with Crippen LogP contribution in [0.5, 0.6) is 0 Å². The first-order chi connectivity index (χ1) is 9.68. The van der Waals surface area contributed by atoms with E-state index in [1.807, 2.05) is 12.1 Å². The average Bonchev–Trinajstić information content (AvgIpc) is 2.87. The molecular weight excluding hydrogens is 256 g/mol. The second kappa shape index (κ2) is 4.77. The molecule has 0 bridgehead atoms. The number of anilines is 1. The van der Waals surface area contributed by atoms with Gasteiger partial charge in [-0.3, -0.25) is 14.7 Å². The second-order valence-corrected chi connectivity index (χ2v) is 4.60. The number of pyridine rings is 1. The number of amides is 1. The molecule has 2 aromatic rings. The molecule has 0 saturated heterocycles. The molecule has 0 aliphatic carbocycles. The lowest BCUT2D eigenvalue weighted by Gasteiger charge is -2.22. The topological polar surface area (TPSA) is 70.5 Å². The van der Waals surface area contributed by atoms with Crippen molar-refractivity contribution in [2.75, 3.05) is 4.90 Å². The molecule has 2 heterocycles. The van der Waals surface area contributed by atoms with Crippen molar-refractivity contribution in [3.8, 4) is 0 Å². The molecule has 1 aliphatic heterocycles. The van der Waals surface area contributed by atoms with E-state index in [2.05, 4.69) is 4.98 Å². The van der Waals surface area contributed by atoms with Crippen LogP contribution >= 0.6 is 0 Å². The predicted octanol–water partition coefficient (Wildman–Crippen LogP) is 1.74. The molecule has 0 radical (unpaired) electrons. The van der Waals surface area contributed by atoms with Crippen molar-refractivity contribution < 1.29 is 14.7 Å². The summed E-state index contributed by atoms with van der Waals surface area (Å²) in [6, 6.07) is 9.69. The average molecular weight is 268 g/mol. The van der Waals surface area contributed by atoms with Gasteiger partial charge in [0.05, 0.1) is 5.56 Å². The molecule has 1 amide bonds. The Balaban J connectivity index is 2.05. The van der Waals surface area contributed by atoms with Gasteiger partial charge in [-0.05, 0) is 23.8 Å². The van der Waals surface area contributed by atoms with Crippen LogP contribution in [0.1, 0.15) is 15.9 Å². The van der Waals surface area contributed by atoms with E-state index in [4.69, 9.17) is 0 Å². The maximum Gasteiger partial charge on any atom is 0.327 e. The van der Waals surface area contributed by atoms with Gasteiger partial charge in [-0.1, -0.05) is 18.2 Å². The van der Waals surface area contributed by atoms with E-state index in [-0.39, 0.29) is 5.91 Å². The quantitative estimate of drug-likeness (QED) is 0.900. The van der Waals surface area contributed by atoms with E-state index in [1.54, 1.807) is 30.5 Å². The maximum atomic E-state index is 12.5. The molecule has 5 nitrogen and oxygen atoms in total. The fourth-order valence-corrected chi connectivity index (χ4v) is 2.46. The second-order valence-electron chi connectivity index (χ2n) is 4.60. The Bertz CT molecular complexity index is 670. The molecule has 1 atom stereocenters. The highest BCUT2D eigenvalue weighted by Gasteiger charge is 2.38. The molecule has 1 aromatic heterocycles. The van der Waals surface area contributed by atoms with Crippen molar-refractivity contribution in [1.82, 2.24) is 4.98 Å². The van der Waals surface area contributed by atoms with Crippen LogP contribution in [-0.2, 0) is 11.2 Å². The zero-order valence-corrected chi connectivity index (χ0v) is 10.6. The Hall–Kier alpha value is -2.69. The molecule has 3 rings (SSSR count). The van der Waals surface area contributed by atoms with Gasteiger partial charge in [0.2, 0.25) is 0 Å². The number of rotatable bonds is 2. The summed E-state index contributed by atoms with van der Waals surface area (Å²) in [5.41, 5.74) is 1.92. The lowest BCUT2D eigenvalue weighted by molar-refractivity contribution is -0.138. The standard InChI is InChI=1S/C15H12N2O3/c18-14(11-5-3-7-16-9-11)17-12-6-2-1-4-10(12)8-13(17)15(19)20/h1-7,9,13H,8H2,(H,19,20). The van der Waals surface area contributed by atoms with Gasteiger partial charge in [-0.25, -0.2) is 4.79 Å². The highest BCUT2D eigenvalue weighted by molar-refractivity contribution is 6.10. The van der Waals surface area contributed by atoms with E-state index in [1.165, 1.54) is 11.1 Å². The number of nitrogens with zero attached hydrogens (tertiary/aromatic N) is 2. The minimum atomic E-state index is -1.00. The summed E-state index contributed by atoms with van der Waals surface area (Å²) in [6.45, 7) is 0. The minimum Gasteiger partial charge on any atom is -0.480 e. The molecule has 0 saturated carbocycles. The van der Waals surface area contributed by atoms with E-state index >= 15 is 0 Å². The Morgan fingerprint density at radius 3 is 2.70 bits per heavy atom. The Kier molecular flexibility index (Phi) is 2.95. The molecule has 0 spiro atoms. The summed E-state index contributed by atoms with van der Waals surface area (Å²) in [5.74, 6) is -1.34. The number of hydrogen-bond donors (Lipinski definition) is 1. The minimum absolute atomic E-state index is 0.331. The maximum absolute atomic E-state index is 12.5. The molecule has 1 N–H and O–H groups in total. The molecule has 5 heteroatoms. The van der Waals surface area contributed by atoms with Crippen LogP contribution in [0, 0.1) is 0 Å². The summed E-state index contributed by atoms with van der Waals surface area (Å²) < 4.78 is 0. The van der Waals surface area contributed by atoms with Crippen LogP contribution in [0.2, 0.25) is 0 Å². The van der Waals surface area contributed by atoms with Crippen molar-refractivity contribution in [3.05, 3.63) is 59.9 Å². The molecular formula is C15H12N2O3. The molecule has 1 aromatic carbocycles. The van der Waals surface area contributed by atoms with Crippen LogP contribution in [0.25, 0.3) is 0 Å². The number of aromatic nitrogens is 1. The third kappa shape index (κ3) is 1.93. The monoisotopic (exact) mass is 268 g/mol. The Morgan fingerprint density at radius 2 is 2.00 bits per heavy atom. The van der Waals surface area contributed by atoms with Crippen LogP contribution in [-0.4, -0.2) is 28.0 Å². The first-order valence-electron chi connectivity index (χ1n) is 6.23. The highest BCUT2D eigenvalue weighted by Crippen LogP contribution is 2.33. The van der Waals surface area contributed by atoms with Gasteiger partial charge in [0.1, 0.15) is 6.04 Å². The van der Waals surface area contributed by atoms with Crippen LogP contribution < -0.4 is 4.90 Å². The van der Waals surface area contributed by atoms with Crippen molar-refractivity contribution in [3.63, 3.8) is 0 Å². The fourth-order valence-electron chi connectivity index (χ4n) is 2.46. The number of aliphatic carboxylic acids is 1. The SMILES string of the molecule is O=C(O)C1Cc2ccccc2N1C(=O)c1cccnc1. The van der Waals surface area contributed by atoms with Crippen molar-refractivity contribution in [1.29, 1.82) is 0 Å². The lowest BCUT2D eigenvalue weighted by Crippen LogP contribution is -2.42. The number of para-hydroxylation sites is 1. The third-order valence-electron chi connectivity index (χ3n) is 3.39. The zero-order valence-electron chi connectivity index (χ0n) is 10.6. The molecule has 1 aliphatic rings. The lowest BCUT2D eigenvalue weighted by atomic mass is 10.1. The number of hydrogen-bond acceptors (Lipinski definition) is 3. The van der Waals surface area contributed by atoms with Gasteiger partial charge in [0, 0.05) is 24.5 Å². The number of benzene rings is 1. The number of fused-ring (bicyclic) bond motifs is 1. The van der Waals surface area contributed by atoms with Gasteiger partial charge in [-0.15, -0.1) is 0 Å². The summed E-state index contributed by atoms with van der Waals surface area (Å²) in [7, 11) is 0. The summed E-state index contributed by atoms with van der Waals surface area (Å²) >= 11 is 0. The van der Waals surface area contributed by atoms with Crippen molar-refractivity contribution >= 4 is 17.6 Å². The Labute approximate surface area is 115 Å². The highest BCUT2D eigenvalue weighted by atomic mass is 16.4. The van der Waals surface area contributed by atoms with E-state index in [0.29, 0.717) is 17.7 Å². The molecule has 100 valence electrons. The normalized spacial score (nSPS) is 16.8. The smallest absolute Gasteiger partial charge is 0.327 e. The third-order valence-corrected chi connectivity index (χ3v) is 3.39. The van der Waals surface area contributed by atoms with Crippen LogP contribution in [0.4, 0.5) is 5.69 Å². The summed E-state index contributed by atoms with van der Waals surface area (Å²) in [5, 5.41) is 9.34. The van der Waals surface area contributed by atoms with Gasteiger partial charge in [0.15, 0.2) is 0 Å². The van der Waals surface area contributed by atoms with Crippen LogP contribution in [0.3, 0.4) is 0 Å². The first-order valence-corrected chi connectivity index (χ1v) is 6.23. The summed E-state index contributed by atoms with van der Waals surface area (Å²) in [4.78, 5) is 29.2. The van der Waals surface area contributed by atoms with E-state index in [9.17, 15) is 14.7 Å². The number of carbonyl (C=O) groups excluding carboxylic acids is 1. The Morgan fingerprint density at radius 1 is 1.20 bits per heavy atom. The molecule has 0 fully saturated rings. The first kappa shape index (κ1) is 12.3. The van der Waals surface area contributed by atoms with E-state index in [0.717, 1.165) is 5.56 Å². The van der Waals surface area contributed by atoms with Crippen molar-refractivity contribution in [2.24, 2.45) is 0 Å². The van der Waals surface area contributed by atoms with Gasteiger partial charge < -0.3 is 5.11 Å². The summed E-state index contributed by atoms with van der Waals surface area (Å²) in [6.07, 6.45) is 3.35. The largest absolute Gasteiger partial charge is 0.480 e. The van der Waals surface area contributed by atoms with E-state index < -0.39 is 12.0 Å². The predicted molar refractivity (Wildman–Crippen MR) is 72.6 cm³/mol. The van der Waals surface area contributed by atoms with Gasteiger partial charge in [-0.2, -0.15) is 0 Å². The van der Waals surface area contributed by atoms with Gasteiger partial charge >= 0.3 is 5.97 Å². The molecule has 1 unspecified atom stereocenters. The number of carbonyl (C=O) groups is 2. The number of carboxylic acid groups (broad SMARTS) is 1. The van der Waals surface area contributed by atoms with Crippen LogP contribution in [0.15, 0.2) is 48.8 Å².